The summed E-state index contributed by atoms with van der Waals surface area (Å²) in [7, 11) is 0. The van der Waals surface area contributed by atoms with Crippen LogP contribution in [-0.4, -0.2) is 9.97 Å². The second-order valence-corrected chi connectivity index (χ2v) is 5.31. The first kappa shape index (κ1) is 12.0. The third kappa shape index (κ3) is 2.44. The minimum Gasteiger partial charge on any atom is -0.232 e. The van der Waals surface area contributed by atoms with Gasteiger partial charge >= 0.3 is 0 Å². The number of hydrogen-bond donors (Lipinski definition) is 0. The van der Waals surface area contributed by atoms with Crippen LogP contribution in [0, 0.1) is 6.92 Å². The highest BCUT2D eigenvalue weighted by molar-refractivity contribution is 9.10. The van der Waals surface area contributed by atoms with Crippen LogP contribution in [0.5, 0.6) is 0 Å². The fourth-order valence-electron chi connectivity index (χ4n) is 1.25. The van der Waals surface area contributed by atoms with Crippen molar-refractivity contribution in [2.45, 2.75) is 6.92 Å². The van der Waals surface area contributed by atoms with E-state index in [0.717, 1.165) is 20.2 Å². The Bertz CT molecular complexity index is 503. The maximum Gasteiger partial charge on any atom is 0.161 e. The van der Waals surface area contributed by atoms with Crippen molar-refractivity contribution >= 4 is 43.5 Å². The van der Waals surface area contributed by atoms with Crippen molar-refractivity contribution in [1.29, 1.82) is 0 Å². The van der Waals surface area contributed by atoms with E-state index in [-0.39, 0.29) is 0 Å². The summed E-state index contributed by atoms with van der Waals surface area (Å²) in [5.41, 5.74) is 1.78. The highest BCUT2D eigenvalue weighted by atomic mass is 79.9. The van der Waals surface area contributed by atoms with Gasteiger partial charge in [-0.1, -0.05) is 39.7 Å². The van der Waals surface area contributed by atoms with Crippen LogP contribution in [0.2, 0.25) is 5.15 Å². The van der Waals surface area contributed by atoms with Gasteiger partial charge in [-0.3, -0.25) is 0 Å². The largest absolute Gasteiger partial charge is 0.232 e. The molecule has 0 aliphatic carbocycles. The van der Waals surface area contributed by atoms with Crippen LogP contribution in [-0.2, 0) is 0 Å². The Hall–Kier alpha value is -0.450. The van der Waals surface area contributed by atoms with E-state index in [0.29, 0.717) is 11.0 Å². The zero-order chi connectivity index (χ0) is 11.7. The molecule has 0 fully saturated rings. The molecule has 0 aliphatic rings. The molecule has 0 radical (unpaired) electrons. The number of halogens is 3. The lowest BCUT2D eigenvalue weighted by molar-refractivity contribution is 1.09. The number of aromatic nitrogens is 2. The van der Waals surface area contributed by atoms with E-state index < -0.39 is 0 Å². The van der Waals surface area contributed by atoms with E-state index >= 15 is 0 Å². The number of nitrogens with zero attached hydrogens (tertiary/aromatic N) is 2. The van der Waals surface area contributed by atoms with Crippen molar-refractivity contribution < 1.29 is 0 Å². The molecule has 0 amide bonds. The van der Waals surface area contributed by atoms with Gasteiger partial charge in [-0.05, 0) is 35.0 Å². The molecule has 1 heterocycles. The van der Waals surface area contributed by atoms with E-state index in [1.54, 1.807) is 0 Å². The number of benzene rings is 1. The van der Waals surface area contributed by atoms with Crippen molar-refractivity contribution in [1.82, 2.24) is 9.97 Å². The summed E-state index contributed by atoms with van der Waals surface area (Å²) in [6.45, 7) is 1.89. The molecule has 0 unspecified atom stereocenters. The van der Waals surface area contributed by atoms with Gasteiger partial charge < -0.3 is 0 Å². The zero-order valence-electron chi connectivity index (χ0n) is 8.34. The molecule has 0 bridgehead atoms. The summed E-state index contributed by atoms with van der Waals surface area (Å²) in [4.78, 5) is 8.60. The second-order valence-electron chi connectivity index (χ2n) is 3.24. The van der Waals surface area contributed by atoms with Gasteiger partial charge in [-0.15, -0.1) is 0 Å². The molecule has 2 nitrogen and oxygen atoms in total. The molecule has 0 saturated carbocycles. The average Bonchev–Trinajstić information content (AvgIpc) is 2.26. The van der Waals surface area contributed by atoms with Crippen LogP contribution >= 0.6 is 43.5 Å². The van der Waals surface area contributed by atoms with E-state index in [9.17, 15) is 0 Å². The lowest BCUT2D eigenvalue weighted by atomic mass is 10.2. The van der Waals surface area contributed by atoms with Gasteiger partial charge in [0.05, 0.1) is 10.2 Å². The van der Waals surface area contributed by atoms with E-state index in [1.165, 1.54) is 0 Å². The monoisotopic (exact) mass is 360 g/mol. The Balaban J connectivity index is 2.52. The van der Waals surface area contributed by atoms with Crippen molar-refractivity contribution in [3.05, 3.63) is 44.1 Å². The number of hydrogen-bond acceptors (Lipinski definition) is 2. The molecule has 2 rings (SSSR count). The van der Waals surface area contributed by atoms with Crippen molar-refractivity contribution in [2.75, 3.05) is 0 Å². The molecular formula is C11H7Br2ClN2. The van der Waals surface area contributed by atoms with Gasteiger partial charge in [0.2, 0.25) is 0 Å². The first-order valence-electron chi connectivity index (χ1n) is 4.53. The summed E-state index contributed by atoms with van der Waals surface area (Å²) in [6, 6.07) is 7.79. The van der Waals surface area contributed by atoms with Gasteiger partial charge in [0.1, 0.15) is 5.15 Å². The molecule has 0 spiro atoms. The maximum atomic E-state index is 5.99. The molecule has 2 aromatic rings. The molecule has 1 aromatic carbocycles. The molecule has 16 heavy (non-hydrogen) atoms. The van der Waals surface area contributed by atoms with Crippen LogP contribution in [0.1, 0.15) is 5.69 Å². The van der Waals surface area contributed by atoms with Crippen molar-refractivity contribution in [2.24, 2.45) is 0 Å². The first-order valence-corrected chi connectivity index (χ1v) is 6.50. The van der Waals surface area contributed by atoms with Crippen LogP contribution in [0.25, 0.3) is 11.4 Å². The summed E-state index contributed by atoms with van der Waals surface area (Å²) in [6.07, 6.45) is 0. The summed E-state index contributed by atoms with van der Waals surface area (Å²) in [5, 5.41) is 0.436. The predicted octanol–water partition coefficient (Wildman–Crippen LogP) is 4.63. The Morgan fingerprint density at radius 2 is 1.69 bits per heavy atom. The predicted molar refractivity (Wildman–Crippen MR) is 72.6 cm³/mol. The Labute approximate surface area is 115 Å². The van der Waals surface area contributed by atoms with Crippen molar-refractivity contribution in [3.8, 4) is 11.4 Å². The fourth-order valence-corrected chi connectivity index (χ4v) is 1.91. The first-order chi connectivity index (χ1) is 7.58. The van der Waals surface area contributed by atoms with E-state index in [2.05, 4.69) is 41.8 Å². The lowest BCUT2D eigenvalue weighted by Crippen LogP contribution is -1.94. The Morgan fingerprint density at radius 3 is 2.25 bits per heavy atom. The van der Waals surface area contributed by atoms with Crippen molar-refractivity contribution in [3.63, 3.8) is 0 Å². The van der Waals surface area contributed by atoms with Crippen LogP contribution in [0.15, 0.2) is 33.2 Å². The maximum absolute atomic E-state index is 5.99. The van der Waals surface area contributed by atoms with Crippen LogP contribution in [0.4, 0.5) is 0 Å². The Morgan fingerprint density at radius 1 is 1.06 bits per heavy atom. The molecular weight excluding hydrogens is 355 g/mol. The topological polar surface area (TPSA) is 25.8 Å². The third-order valence-electron chi connectivity index (χ3n) is 2.08. The van der Waals surface area contributed by atoms with E-state index in [1.807, 2.05) is 31.2 Å². The Kier molecular flexibility index (Phi) is 3.62. The van der Waals surface area contributed by atoms with Gasteiger partial charge in [-0.25, -0.2) is 9.97 Å². The van der Waals surface area contributed by atoms with Gasteiger partial charge in [0.15, 0.2) is 5.82 Å². The zero-order valence-corrected chi connectivity index (χ0v) is 12.3. The minimum atomic E-state index is 0.436. The third-order valence-corrected chi connectivity index (χ3v) is 4.06. The van der Waals surface area contributed by atoms with Crippen LogP contribution < -0.4 is 0 Å². The molecule has 0 aliphatic heterocycles. The second kappa shape index (κ2) is 4.82. The highest BCUT2D eigenvalue weighted by Gasteiger charge is 2.08. The summed E-state index contributed by atoms with van der Waals surface area (Å²) >= 11 is 12.7. The number of rotatable bonds is 1. The molecule has 82 valence electrons. The SMILES string of the molecule is Cc1nc(-c2ccc(Br)cc2)nc(Cl)c1Br. The highest BCUT2D eigenvalue weighted by Crippen LogP contribution is 2.26. The molecule has 5 heteroatoms. The van der Waals surface area contributed by atoms with Gasteiger partial charge in [-0.2, -0.15) is 0 Å². The fraction of sp³-hybridized carbons (Fsp3) is 0.0909. The number of aryl methyl sites for hydroxylation is 1. The summed E-state index contributed by atoms with van der Waals surface area (Å²) in [5.74, 6) is 0.637. The smallest absolute Gasteiger partial charge is 0.161 e. The van der Waals surface area contributed by atoms with E-state index in [4.69, 9.17) is 11.6 Å². The normalized spacial score (nSPS) is 10.5. The quantitative estimate of drug-likeness (QED) is 0.691. The van der Waals surface area contributed by atoms with Crippen LogP contribution in [0.3, 0.4) is 0 Å². The van der Waals surface area contributed by atoms with Gasteiger partial charge in [0, 0.05) is 10.0 Å². The molecule has 0 atom stereocenters. The van der Waals surface area contributed by atoms with Gasteiger partial charge in [0.25, 0.3) is 0 Å². The molecule has 0 N–H and O–H groups in total. The summed E-state index contributed by atoms with van der Waals surface area (Å²) < 4.78 is 1.77. The molecule has 1 aromatic heterocycles. The molecule has 0 saturated heterocycles. The lowest BCUT2D eigenvalue weighted by Gasteiger charge is -2.04. The average molecular weight is 362 g/mol. The minimum absolute atomic E-state index is 0.436. The standard InChI is InChI=1S/C11H7Br2ClN2/c1-6-9(13)10(14)16-11(15-6)7-2-4-8(12)5-3-7/h2-5H,1H3.